The normalized spacial score (nSPS) is 16.1. The molecule has 0 saturated carbocycles. The number of phenolic OH excluding ortho intramolecular Hbond substituents is 1. The summed E-state index contributed by atoms with van der Waals surface area (Å²) in [5.41, 5.74) is 1.95. The van der Waals surface area contributed by atoms with Crippen LogP contribution in [0.1, 0.15) is 22.8 Å². The van der Waals surface area contributed by atoms with E-state index < -0.39 is 0 Å². The van der Waals surface area contributed by atoms with E-state index in [-0.39, 0.29) is 17.7 Å². The number of hydrogen-bond donors (Lipinski definition) is 1. The molecule has 0 spiro atoms. The predicted octanol–water partition coefficient (Wildman–Crippen LogP) is 3.29. The zero-order chi connectivity index (χ0) is 25.8. The van der Waals surface area contributed by atoms with E-state index in [4.69, 9.17) is 14.7 Å². The van der Waals surface area contributed by atoms with Crippen molar-refractivity contribution < 1.29 is 19.4 Å². The second-order valence-electron chi connectivity index (χ2n) is 9.12. The topological polar surface area (TPSA) is 102 Å². The van der Waals surface area contributed by atoms with Gasteiger partial charge >= 0.3 is 0 Å². The SMILES string of the molecule is C[C@H](CN(C(=O)c1ccc(C#N)cc1)c1ccccn1)N1CCN(c2ccc(O)c3c2OCCO3)CC1. The maximum atomic E-state index is 13.5. The van der Waals surface area contributed by atoms with Crippen molar-refractivity contribution in [3.8, 4) is 23.3 Å². The molecular formula is C28H29N5O4. The van der Waals surface area contributed by atoms with E-state index in [1.165, 1.54) is 0 Å². The summed E-state index contributed by atoms with van der Waals surface area (Å²) in [6.07, 6.45) is 1.68. The molecule has 9 heteroatoms. The van der Waals surface area contributed by atoms with Crippen LogP contribution in [0, 0.1) is 11.3 Å². The average molecular weight is 500 g/mol. The van der Waals surface area contributed by atoms with Gasteiger partial charge in [-0.25, -0.2) is 4.98 Å². The molecule has 0 radical (unpaired) electrons. The van der Waals surface area contributed by atoms with Crippen LogP contribution in [0.25, 0.3) is 0 Å². The summed E-state index contributed by atoms with van der Waals surface area (Å²) in [5.74, 6) is 1.54. The quantitative estimate of drug-likeness (QED) is 0.551. The van der Waals surface area contributed by atoms with E-state index in [1.807, 2.05) is 24.3 Å². The van der Waals surface area contributed by atoms with Crippen molar-refractivity contribution in [1.29, 1.82) is 5.26 Å². The Kier molecular flexibility index (Phi) is 7.10. The number of piperazine rings is 1. The molecule has 5 rings (SSSR count). The number of carbonyl (C=O) groups excluding carboxylic acids is 1. The minimum atomic E-state index is -0.151. The Balaban J connectivity index is 1.28. The van der Waals surface area contributed by atoms with Gasteiger partial charge in [0.15, 0.2) is 11.5 Å². The molecule has 1 saturated heterocycles. The first-order valence-corrected chi connectivity index (χ1v) is 12.4. The van der Waals surface area contributed by atoms with Crippen molar-refractivity contribution >= 4 is 17.4 Å². The van der Waals surface area contributed by atoms with Gasteiger partial charge < -0.3 is 19.5 Å². The summed E-state index contributed by atoms with van der Waals surface area (Å²) < 4.78 is 11.5. The van der Waals surface area contributed by atoms with Gasteiger partial charge in [0, 0.05) is 50.5 Å². The first-order chi connectivity index (χ1) is 18.0. The van der Waals surface area contributed by atoms with Gasteiger partial charge in [-0.05, 0) is 55.5 Å². The fourth-order valence-electron chi connectivity index (χ4n) is 4.78. The third kappa shape index (κ3) is 5.15. The molecule has 0 unspecified atom stereocenters. The lowest BCUT2D eigenvalue weighted by Gasteiger charge is -2.41. The lowest BCUT2D eigenvalue weighted by atomic mass is 10.1. The highest BCUT2D eigenvalue weighted by Gasteiger charge is 2.29. The highest BCUT2D eigenvalue weighted by molar-refractivity contribution is 6.05. The predicted molar refractivity (Wildman–Crippen MR) is 139 cm³/mol. The van der Waals surface area contributed by atoms with Gasteiger partial charge in [0.1, 0.15) is 19.0 Å². The molecule has 0 aliphatic carbocycles. The van der Waals surface area contributed by atoms with E-state index in [0.717, 1.165) is 31.9 Å². The number of ether oxygens (including phenoxy) is 2. The van der Waals surface area contributed by atoms with E-state index in [2.05, 4.69) is 27.8 Å². The van der Waals surface area contributed by atoms with Gasteiger partial charge in [0.2, 0.25) is 5.75 Å². The number of hydrogen-bond acceptors (Lipinski definition) is 8. The summed E-state index contributed by atoms with van der Waals surface area (Å²) >= 11 is 0. The number of anilines is 2. The number of carbonyl (C=O) groups is 1. The van der Waals surface area contributed by atoms with Crippen LogP contribution >= 0.6 is 0 Å². The van der Waals surface area contributed by atoms with Crippen molar-refractivity contribution in [2.45, 2.75) is 13.0 Å². The number of nitrogens with zero attached hydrogens (tertiary/aromatic N) is 5. The van der Waals surface area contributed by atoms with Crippen LogP contribution in [0.15, 0.2) is 60.8 Å². The van der Waals surface area contributed by atoms with E-state index in [1.54, 1.807) is 41.4 Å². The highest BCUT2D eigenvalue weighted by atomic mass is 16.6. The molecule has 3 heterocycles. The summed E-state index contributed by atoms with van der Waals surface area (Å²) in [6.45, 7) is 6.63. The third-order valence-corrected chi connectivity index (χ3v) is 6.80. The monoisotopic (exact) mass is 499 g/mol. The minimum absolute atomic E-state index is 0.0832. The second kappa shape index (κ2) is 10.8. The zero-order valence-corrected chi connectivity index (χ0v) is 20.7. The molecule has 1 fully saturated rings. The lowest BCUT2D eigenvalue weighted by Crippen LogP contribution is -2.53. The average Bonchev–Trinajstić information content (AvgIpc) is 2.96. The maximum absolute atomic E-state index is 13.5. The number of phenols is 1. The van der Waals surface area contributed by atoms with Crippen LogP contribution in [-0.4, -0.2) is 72.9 Å². The Morgan fingerprint density at radius 3 is 2.46 bits per heavy atom. The molecule has 9 nitrogen and oxygen atoms in total. The van der Waals surface area contributed by atoms with E-state index >= 15 is 0 Å². The van der Waals surface area contributed by atoms with Crippen LogP contribution in [0.5, 0.6) is 17.2 Å². The van der Waals surface area contributed by atoms with E-state index in [9.17, 15) is 9.90 Å². The molecule has 0 bridgehead atoms. The standard InChI is InChI=1S/C28H29N5O4/c1-20(19-33(25-4-2-3-11-30-25)28(35)22-7-5-21(18-29)6-8-22)31-12-14-32(15-13-31)23-9-10-24(34)27-26(23)36-16-17-37-27/h2-11,20,34H,12-17,19H2,1H3/t20-/m1/s1. The molecule has 1 N–H and O–H groups in total. The Morgan fingerprint density at radius 1 is 1.05 bits per heavy atom. The molecule has 2 aliphatic rings. The zero-order valence-electron chi connectivity index (χ0n) is 20.7. The second-order valence-corrected chi connectivity index (χ2v) is 9.12. The van der Waals surface area contributed by atoms with Crippen LogP contribution in [0.2, 0.25) is 0 Å². The highest BCUT2D eigenvalue weighted by Crippen LogP contribution is 2.45. The Labute approximate surface area is 216 Å². The molecule has 2 aromatic carbocycles. The number of nitriles is 1. The van der Waals surface area contributed by atoms with Gasteiger partial charge in [-0.3, -0.25) is 14.6 Å². The summed E-state index contributed by atoms with van der Waals surface area (Å²) in [6, 6.07) is 17.9. The molecular weight excluding hydrogens is 470 g/mol. The van der Waals surface area contributed by atoms with Gasteiger partial charge in [0.25, 0.3) is 5.91 Å². The van der Waals surface area contributed by atoms with Gasteiger partial charge in [0.05, 0.1) is 17.3 Å². The van der Waals surface area contributed by atoms with Gasteiger partial charge in [-0.15, -0.1) is 0 Å². The number of pyridine rings is 1. The number of amides is 1. The molecule has 1 amide bonds. The summed E-state index contributed by atoms with van der Waals surface area (Å²) in [5, 5.41) is 19.2. The van der Waals surface area contributed by atoms with Crippen LogP contribution in [0.4, 0.5) is 11.5 Å². The number of aromatic hydroxyl groups is 1. The smallest absolute Gasteiger partial charge is 0.259 e. The van der Waals surface area contributed by atoms with Crippen LogP contribution in [-0.2, 0) is 0 Å². The Bertz CT molecular complexity index is 1280. The molecule has 1 aromatic heterocycles. The molecule has 1 atom stereocenters. The Hall–Kier alpha value is -4.29. The van der Waals surface area contributed by atoms with Crippen molar-refractivity contribution in [2.24, 2.45) is 0 Å². The third-order valence-electron chi connectivity index (χ3n) is 6.80. The van der Waals surface area contributed by atoms with Crippen molar-refractivity contribution in [3.63, 3.8) is 0 Å². The summed E-state index contributed by atoms with van der Waals surface area (Å²) in [4.78, 5) is 24.2. The maximum Gasteiger partial charge on any atom is 0.259 e. The van der Waals surface area contributed by atoms with Crippen LogP contribution < -0.4 is 19.3 Å². The fourth-order valence-corrected chi connectivity index (χ4v) is 4.78. The van der Waals surface area contributed by atoms with Gasteiger partial charge in [-0.2, -0.15) is 5.26 Å². The number of benzene rings is 2. The lowest BCUT2D eigenvalue weighted by molar-refractivity contribution is 0.0973. The van der Waals surface area contributed by atoms with Gasteiger partial charge in [-0.1, -0.05) is 6.07 Å². The summed E-state index contributed by atoms with van der Waals surface area (Å²) in [7, 11) is 0. The Morgan fingerprint density at radius 2 is 1.78 bits per heavy atom. The molecule has 3 aromatic rings. The number of rotatable bonds is 6. The minimum Gasteiger partial charge on any atom is -0.504 e. The first-order valence-electron chi connectivity index (χ1n) is 12.4. The molecule has 190 valence electrons. The van der Waals surface area contributed by atoms with Crippen molar-refractivity contribution in [1.82, 2.24) is 9.88 Å². The largest absolute Gasteiger partial charge is 0.504 e. The number of fused-ring (bicyclic) bond motifs is 1. The molecule has 37 heavy (non-hydrogen) atoms. The van der Waals surface area contributed by atoms with Crippen molar-refractivity contribution in [2.75, 3.05) is 55.7 Å². The number of aromatic nitrogens is 1. The van der Waals surface area contributed by atoms with Crippen molar-refractivity contribution in [3.05, 3.63) is 71.9 Å². The fraction of sp³-hybridized carbons (Fsp3) is 0.321. The van der Waals surface area contributed by atoms with Crippen LogP contribution in [0.3, 0.4) is 0 Å². The van der Waals surface area contributed by atoms with E-state index in [0.29, 0.717) is 48.2 Å². The first kappa shape index (κ1) is 24.4. The molecule has 2 aliphatic heterocycles.